The zero-order chi connectivity index (χ0) is 30.9. The normalized spacial score (nSPS) is 16.2. The van der Waals surface area contributed by atoms with E-state index in [2.05, 4.69) is 35.9 Å². The number of hydrogen-bond donors (Lipinski definition) is 2. The van der Waals surface area contributed by atoms with Crippen molar-refractivity contribution in [1.82, 2.24) is 24.7 Å². The van der Waals surface area contributed by atoms with Gasteiger partial charge in [0.25, 0.3) is 10.2 Å². The Kier molecular flexibility index (Phi) is 5.00. The molecule has 0 fully saturated rings. The molecular formula is C20H23BrN6O4S. The lowest BCUT2D eigenvalue weighted by Gasteiger charge is -2.15. The van der Waals surface area contributed by atoms with Gasteiger partial charge in [-0.3, -0.25) is 4.72 Å². The molecule has 10 nitrogen and oxygen atoms in total. The van der Waals surface area contributed by atoms with Crippen LogP contribution in [-0.4, -0.2) is 48.0 Å². The molecule has 0 bridgehead atoms. The Labute approximate surface area is 207 Å². The van der Waals surface area contributed by atoms with Crippen molar-refractivity contribution in [3.05, 3.63) is 52.9 Å². The second-order valence-corrected chi connectivity index (χ2v) is 8.07. The molecule has 0 aliphatic heterocycles. The third-order valence-corrected chi connectivity index (χ3v) is 4.68. The van der Waals surface area contributed by atoms with E-state index in [0.29, 0.717) is 0 Å². The average molecular weight is 532 g/mol. The topological polar surface area (TPSA) is 128 Å². The summed E-state index contributed by atoms with van der Waals surface area (Å²) in [7, 11) is -4.78. The first kappa shape index (κ1) is 14.3. The number of aromatic nitrogens is 4. The van der Waals surface area contributed by atoms with E-state index >= 15 is 0 Å². The van der Waals surface area contributed by atoms with Crippen molar-refractivity contribution in [1.29, 1.82) is 0 Å². The second kappa shape index (κ2) is 11.2. The van der Waals surface area contributed by atoms with Crippen LogP contribution in [0, 0.1) is 6.92 Å². The van der Waals surface area contributed by atoms with E-state index in [1.54, 1.807) is 11.6 Å². The molecule has 32 heavy (non-hydrogen) atoms. The van der Waals surface area contributed by atoms with Crippen molar-refractivity contribution in [2.24, 2.45) is 0 Å². The van der Waals surface area contributed by atoms with Crippen LogP contribution in [0.3, 0.4) is 0 Å². The van der Waals surface area contributed by atoms with Gasteiger partial charge in [-0.2, -0.15) is 13.1 Å². The first-order chi connectivity index (χ1) is 18.9. The highest BCUT2D eigenvalue weighted by atomic mass is 79.9. The van der Waals surface area contributed by atoms with Gasteiger partial charge in [-0.25, -0.2) is 19.9 Å². The molecule has 1 aromatic carbocycles. The minimum atomic E-state index is -4.78. The molecule has 12 heteroatoms. The van der Waals surface area contributed by atoms with E-state index < -0.39 is 83.2 Å². The minimum absolute atomic E-state index is 0.190. The molecule has 3 rings (SSSR count). The largest absolute Gasteiger partial charge is 0.473 e. The molecule has 0 aliphatic rings. The third kappa shape index (κ3) is 6.84. The summed E-state index contributed by atoms with van der Waals surface area (Å²) in [5.41, 5.74) is -0.521. The third-order valence-electron chi connectivity index (χ3n) is 3.41. The van der Waals surface area contributed by atoms with Crippen LogP contribution in [0.2, 0.25) is 0 Å². The van der Waals surface area contributed by atoms with E-state index in [-0.39, 0.29) is 16.9 Å². The Morgan fingerprint density at radius 2 is 1.84 bits per heavy atom. The molecule has 0 saturated heterocycles. The summed E-state index contributed by atoms with van der Waals surface area (Å²) in [6.45, 7) is -2.89. The number of rotatable bonds is 11. The van der Waals surface area contributed by atoms with Gasteiger partial charge in [0.2, 0.25) is 5.88 Å². The maximum Gasteiger partial charge on any atom is 0.316 e. The highest BCUT2D eigenvalue weighted by Gasteiger charge is 2.19. The zero-order valence-corrected chi connectivity index (χ0v) is 19.2. The molecule has 0 unspecified atom stereocenters. The number of nitrogens with zero attached hydrogens (tertiary/aromatic N) is 4. The van der Waals surface area contributed by atoms with Gasteiger partial charge in [-0.15, -0.1) is 0 Å². The summed E-state index contributed by atoms with van der Waals surface area (Å²) in [4.78, 5) is 15.2. The highest BCUT2D eigenvalue weighted by molar-refractivity contribution is 9.10. The molecule has 0 spiro atoms. The molecule has 170 valence electrons. The fourth-order valence-corrected chi connectivity index (χ4v) is 3.08. The van der Waals surface area contributed by atoms with Gasteiger partial charge in [-0.1, -0.05) is 34.9 Å². The molecule has 0 amide bonds. The summed E-state index contributed by atoms with van der Waals surface area (Å²) >= 11 is 2.96. The lowest BCUT2D eigenvalue weighted by molar-refractivity contribution is 0.202. The molecule has 2 N–H and O–H groups in total. The number of halogens is 1. The van der Waals surface area contributed by atoms with Gasteiger partial charge in [0.1, 0.15) is 20.8 Å². The first-order valence-corrected chi connectivity index (χ1v) is 11.2. The zero-order valence-electron chi connectivity index (χ0n) is 25.8. The van der Waals surface area contributed by atoms with Crippen LogP contribution in [0.1, 0.15) is 31.2 Å². The molecule has 2 aromatic heterocycles. The standard InChI is InChI=1S/C20H23BrN6O4S/c1-3-8-26-32(28,29)27-18-17(15-4-6-16(21)7-5-15)19(25-13-24-18)30-9-10-31-20-22-11-14(2)12-23-20/h4-7,11-13,26H,3,8-10H2,1-2H3,(H,24,25,27)/i4D,5D,6D,7D,8D2,9D2,13D. The van der Waals surface area contributed by atoms with E-state index in [1.165, 1.54) is 19.3 Å². The number of hydrogen-bond acceptors (Lipinski definition) is 8. The molecule has 0 radical (unpaired) electrons. The molecule has 0 aliphatic carbocycles. The maximum atomic E-state index is 12.8. The Hall–Kier alpha value is -2.83. The van der Waals surface area contributed by atoms with Crippen LogP contribution < -0.4 is 18.9 Å². The summed E-state index contributed by atoms with van der Waals surface area (Å²) in [6.07, 6.45) is 1.71. The lowest BCUT2D eigenvalue weighted by atomic mass is 10.1. The van der Waals surface area contributed by atoms with Crippen LogP contribution in [0.25, 0.3) is 11.1 Å². The molecular weight excluding hydrogens is 500 g/mol. The van der Waals surface area contributed by atoms with Crippen molar-refractivity contribution in [2.75, 3.05) is 24.4 Å². The van der Waals surface area contributed by atoms with Crippen LogP contribution in [0.4, 0.5) is 5.82 Å². The van der Waals surface area contributed by atoms with Gasteiger partial charge >= 0.3 is 6.01 Å². The molecule has 0 saturated carbocycles. The Bertz CT molecular complexity index is 1540. The van der Waals surface area contributed by atoms with Crippen LogP contribution >= 0.6 is 15.9 Å². The monoisotopic (exact) mass is 531 g/mol. The predicted molar refractivity (Wildman–Crippen MR) is 124 cm³/mol. The van der Waals surface area contributed by atoms with E-state index in [0.717, 1.165) is 5.56 Å². The van der Waals surface area contributed by atoms with Gasteiger partial charge in [0.05, 0.1) is 13.8 Å². The quantitative estimate of drug-likeness (QED) is 0.386. The smallest absolute Gasteiger partial charge is 0.316 e. The Morgan fingerprint density at radius 3 is 2.53 bits per heavy atom. The van der Waals surface area contributed by atoms with Crippen LogP contribution in [0.15, 0.2) is 47.3 Å². The summed E-state index contributed by atoms with van der Waals surface area (Å²) in [6, 6.07) is -2.74. The fraction of sp³-hybridized carbons (Fsp3) is 0.300. The van der Waals surface area contributed by atoms with Crippen molar-refractivity contribution in [3.63, 3.8) is 0 Å². The van der Waals surface area contributed by atoms with E-state index in [1.807, 2.05) is 4.72 Å². The van der Waals surface area contributed by atoms with E-state index in [9.17, 15) is 8.42 Å². The number of aryl methyl sites for hydroxylation is 1. The van der Waals surface area contributed by atoms with Crippen molar-refractivity contribution >= 4 is 32.0 Å². The lowest BCUT2D eigenvalue weighted by Crippen LogP contribution is -2.31. The van der Waals surface area contributed by atoms with Gasteiger partial charge in [0, 0.05) is 26.1 Å². The van der Waals surface area contributed by atoms with Crippen LogP contribution in [0.5, 0.6) is 11.9 Å². The second-order valence-electron chi connectivity index (χ2n) is 5.86. The molecule has 3 aromatic rings. The van der Waals surface area contributed by atoms with E-state index in [4.69, 9.17) is 21.8 Å². The fourth-order valence-electron chi connectivity index (χ4n) is 2.10. The SMILES string of the molecule is [2H]c1nc(NS(=O)(=O)NC([2H])([2H])CC)c(-c2c([2H])c([2H])c(Br)c([2H])c2[2H])c(OC([2H])([2H])COc2ncc(C)cn2)n1. The number of anilines is 1. The maximum absolute atomic E-state index is 12.8. The summed E-state index contributed by atoms with van der Waals surface area (Å²) in [5.74, 6) is -1.64. The van der Waals surface area contributed by atoms with Crippen LogP contribution in [-0.2, 0) is 10.2 Å². The minimum Gasteiger partial charge on any atom is -0.473 e. The Morgan fingerprint density at radius 1 is 1.12 bits per heavy atom. The van der Waals surface area contributed by atoms with Gasteiger partial charge in [0.15, 0.2) is 5.82 Å². The van der Waals surface area contributed by atoms with Gasteiger partial charge in [-0.05, 0) is 36.6 Å². The van der Waals surface area contributed by atoms with Crippen molar-refractivity contribution < 1.29 is 30.2 Å². The number of benzene rings is 1. The summed E-state index contributed by atoms with van der Waals surface area (Å²) < 4.78 is 113. The number of ether oxygens (including phenoxy) is 2. The Balaban J connectivity index is 2.19. The van der Waals surface area contributed by atoms with Crippen molar-refractivity contribution in [2.45, 2.75) is 20.3 Å². The average Bonchev–Trinajstić information content (AvgIpc) is 2.86. The summed E-state index contributed by atoms with van der Waals surface area (Å²) in [5, 5.41) is 0. The highest BCUT2D eigenvalue weighted by Crippen LogP contribution is 2.34. The van der Waals surface area contributed by atoms with Crippen molar-refractivity contribution in [3.8, 4) is 23.0 Å². The first-order valence-electron chi connectivity index (χ1n) is 13.4. The predicted octanol–water partition coefficient (Wildman–Crippen LogP) is 3.12. The number of nitrogens with one attached hydrogen (secondary N) is 2. The molecule has 2 heterocycles. The van der Waals surface area contributed by atoms with Gasteiger partial charge < -0.3 is 9.47 Å². The molecule has 0 atom stereocenters.